The summed E-state index contributed by atoms with van der Waals surface area (Å²) in [5, 5.41) is 20.0. The average molecular weight is 677 g/mol. The van der Waals surface area contributed by atoms with Gasteiger partial charge >= 0.3 is 0 Å². The van der Waals surface area contributed by atoms with E-state index >= 15 is 0 Å². The minimum atomic E-state index is -0.255. The second-order valence-corrected chi connectivity index (χ2v) is 11.9. The van der Waals surface area contributed by atoms with Gasteiger partial charge in [0.05, 0.1) is 28.8 Å². The highest BCUT2D eigenvalue weighted by Crippen LogP contribution is 2.38. The van der Waals surface area contributed by atoms with E-state index in [0.717, 1.165) is 40.8 Å². The molecular formula is C37H39Cl2N3O5. The van der Waals surface area contributed by atoms with Crippen molar-refractivity contribution in [2.24, 2.45) is 0 Å². The number of carbonyl (C=O) groups is 1. The van der Waals surface area contributed by atoms with Crippen molar-refractivity contribution in [1.82, 2.24) is 9.88 Å². The number of aromatic nitrogens is 1. The van der Waals surface area contributed by atoms with Crippen LogP contribution in [0.1, 0.15) is 53.5 Å². The van der Waals surface area contributed by atoms with E-state index in [0.29, 0.717) is 45.0 Å². The fraction of sp³-hybridized carbons (Fsp3) is 0.324. The van der Waals surface area contributed by atoms with E-state index in [2.05, 4.69) is 16.0 Å². The summed E-state index contributed by atoms with van der Waals surface area (Å²) in [6.45, 7) is 8.25. The van der Waals surface area contributed by atoms with Gasteiger partial charge in [-0.05, 0) is 74.2 Å². The number of likely N-dealkylation sites (tertiary alicyclic amines) is 1. The molecule has 0 unspecified atom stereocenters. The summed E-state index contributed by atoms with van der Waals surface area (Å²) >= 11 is 13.4. The molecule has 4 aromatic rings. The molecule has 5 rings (SSSR count). The molecule has 47 heavy (non-hydrogen) atoms. The van der Waals surface area contributed by atoms with Crippen molar-refractivity contribution in [3.8, 4) is 34.4 Å². The van der Waals surface area contributed by atoms with E-state index in [1.54, 1.807) is 24.4 Å². The Bertz CT molecular complexity index is 1670. The molecule has 0 bridgehead atoms. The molecule has 0 amide bonds. The van der Waals surface area contributed by atoms with E-state index in [1.165, 1.54) is 38.5 Å². The van der Waals surface area contributed by atoms with Gasteiger partial charge < -0.3 is 29.0 Å². The smallest absolute Gasteiger partial charge is 0.142 e. The number of ether oxygens (including phenoxy) is 3. The lowest BCUT2D eigenvalue weighted by Gasteiger charge is -2.26. The summed E-state index contributed by atoms with van der Waals surface area (Å²) in [6.07, 6.45) is 8.00. The largest absolute Gasteiger partial charge is 0.492 e. The lowest BCUT2D eigenvalue weighted by molar-refractivity contribution is -0.0980. The van der Waals surface area contributed by atoms with Gasteiger partial charge in [-0.15, -0.1) is 0 Å². The van der Waals surface area contributed by atoms with Crippen LogP contribution in [0.15, 0.2) is 67.0 Å². The van der Waals surface area contributed by atoms with Crippen molar-refractivity contribution >= 4 is 30.0 Å². The number of nitriles is 1. The first-order valence-corrected chi connectivity index (χ1v) is 16.3. The highest BCUT2D eigenvalue weighted by Gasteiger charge is 2.16. The number of benzene rings is 3. The monoisotopic (exact) mass is 675 g/mol. The Morgan fingerprint density at radius 3 is 2.40 bits per heavy atom. The van der Waals surface area contributed by atoms with Crippen molar-refractivity contribution < 1.29 is 24.1 Å². The highest BCUT2D eigenvalue weighted by atomic mass is 35.5. The number of aliphatic hydroxyl groups excluding tert-OH is 1. The average Bonchev–Trinajstić information content (AvgIpc) is 3.11. The van der Waals surface area contributed by atoms with Crippen LogP contribution < -0.4 is 14.2 Å². The lowest BCUT2D eigenvalue weighted by atomic mass is 9.96. The van der Waals surface area contributed by atoms with E-state index in [9.17, 15) is 5.11 Å². The summed E-state index contributed by atoms with van der Waals surface area (Å²) in [6, 6.07) is 19.0. The fourth-order valence-corrected chi connectivity index (χ4v) is 6.03. The van der Waals surface area contributed by atoms with Gasteiger partial charge in [0, 0.05) is 41.7 Å². The van der Waals surface area contributed by atoms with Crippen LogP contribution in [0, 0.1) is 18.3 Å². The maximum Gasteiger partial charge on any atom is 0.142 e. The number of hydrogen-bond acceptors (Lipinski definition) is 8. The molecule has 1 aromatic heterocycles. The number of nitrogens with zero attached hydrogens (tertiary/aromatic N) is 3. The Balaban J connectivity index is 0.00000245. The van der Waals surface area contributed by atoms with Gasteiger partial charge in [-0.3, -0.25) is 4.98 Å². The summed E-state index contributed by atoms with van der Waals surface area (Å²) in [5.74, 6) is 1.55. The van der Waals surface area contributed by atoms with Gasteiger partial charge in [-0.2, -0.15) is 5.26 Å². The van der Waals surface area contributed by atoms with Crippen LogP contribution in [-0.4, -0.2) is 48.0 Å². The lowest BCUT2D eigenvalue weighted by Crippen LogP contribution is -2.31. The molecule has 0 atom stereocenters. The third-order valence-electron chi connectivity index (χ3n) is 8.01. The van der Waals surface area contributed by atoms with Crippen LogP contribution in [0.5, 0.6) is 17.2 Å². The van der Waals surface area contributed by atoms with Crippen LogP contribution >= 0.6 is 23.2 Å². The van der Waals surface area contributed by atoms with Crippen molar-refractivity contribution in [2.45, 2.75) is 52.4 Å². The first-order valence-electron chi connectivity index (χ1n) is 15.5. The fourth-order valence-electron chi connectivity index (χ4n) is 5.50. The summed E-state index contributed by atoms with van der Waals surface area (Å²) < 4.78 is 18.3. The Morgan fingerprint density at radius 2 is 1.64 bits per heavy atom. The zero-order valence-electron chi connectivity index (χ0n) is 26.5. The van der Waals surface area contributed by atoms with E-state index in [1.807, 2.05) is 50.1 Å². The normalized spacial score (nSPS) is 12.8. The highest BCUT2D eigenvalue weighted by molar-refractivity contribution is 6.35. The Kier molecular flexibility index (Phi) is 13.9. The molecule has 1 aliphatic heterocycles. The van der Waals surface area contributed by atoms with Crippen molar-refractivity contribution in [2.75, 3.05) is 26.2 Å². The summed E-state index contributed by atoms with van der Waals surface area (Å²) in [7, 11) is 0. The number of piperidine rings is 1. The predicted octanol–water partition coefficient (Wildman–Crippen LogP) is 7.96. The van der Waals surface area contributed by atoms with Crippen molar-refractivity contribution in [3.05, 3.63) is 105 Å². The number of aliphatic hydroxyl groups is 1. The number of rotatable bonds is 13. The molecule has 246 valence electrons. The van der Waals surface area contributed by atoms with E-state index < -0.39 is 0 Å². The molecule has 1 saturated heterocycles. The van der Waals surface area contributed by atoms with Crippen LogP contribution in [0.25, 0.3) is 11.1 Å². The van der Waals surface area contributed by atoms with Crippen LogP contribution in [0.4, 0.5) is 0 Å². The van der Waals surface area contributed by atoms with Gasteiger partial charge in [-0.1, -0.05) is 60.0 Å². The molecule has 0 saturated carbocycles. The molecule has 3 aromatic carbocycles. The van der Waals surface area contributed by atoms with Crippen molar-refractivity contribution in [3.63, 3.8) is 0 Å². The first kappa shape index (κ1) is 35.7. The van der Waals surface area contributed by atoms with Gasteiger partial charge in [0.25, 0.3) is 0 Å². The van der Waals surface area contributed by atoms with Crippen LogP contribution in [0.3, 0.4) is 0 Å². The maximum absolute atomic E-state index is 9.90. The first-order chi connectivity index (χ1) is 23.0. The third kappa shape index (κ3) is 9.69. The summed E-state index contributed by atoms with van der Waals surface area (Å²) in [5.41, 5.74) is 5.61. The van der Waals surface area contributed by atoms with E-state index in [-0.39, 0.29) is 19.8 Å². The summed E-state index contributed by atoms with van der Waals surface area (Å²) in [4.78, 5) is 14.6. The molecule has 0 aliphatic carbocycles. The molecule has 10 heteroatoms. The third-order valence-corrected chi connectivity index (χ3v) is 8.70. The molecule has 2 heterocycles. The molecule has 1 fully saturated rings. The molecule has 0 spiro atoms. The maximum atomic E-state index is 9.90. The van der Waals surface area contributed by atoms with Gasteiger partial charge in [0.15, 0.2) is 0 Å². The number of pyridine rings is 1. The van der Waals surface area contributed by atoms with Gasteiger partial charge in [0.1, 0.15) is 43.3 Å². The SMILES string of the molecule is C=O.Cc1c(COc2cc(OCc3cncc(C#N)c3)c(CO)cc2Cl)cccc1-c1cccc(OCCCN2CCCCC2)c1Cl. The molecule has 8 nitrogen and oxygen atoms in total. The Morgan fingerprint density at radius 1 is 0.894 bits per heavy atom. The Hall–Kier alpha value is -4.13. The zero-order chi connectivity index (χ0) is 33.6. The second-order valence-electron chi connectivity index (χ2n) is 11.1. The minimum absolute atomic E-state index is 0.166. The topological polar surface area (TPSA) is 105 Å². The van der Waals surface area contributed by atoms with Crippen LogP contribution in [0.2, 0.25) is 10.0 Å². The second kappa shape index (κ2) is 18.3. The number of carbonyl (C=O) groups excluding carboxylic acids is 1. The number of hydrogen-bond donors (Lipinski definition) is 1. The van der Waals surface area contributed by atoms with E-state index in [4.69, 9.17) is 47.5 Å². The quantitative estimate of drug-likeness (QED) is 0.142. The Labute approximate surface area is 286 Å². The van der Waals surface area contributed by atoms with Crippen molar-refractivity contribution in [1.29, 1.82) is 5.26 Å². The zero-order valence-corrected chi connectivity index (χ0v) is 28.0. The van der Waals surface area contributed by atoms with Crippen LogP contribution in [-0.2, 0) is 24.6 Å². The molecule has 1 aliphatic rings. The van der Waals surface area contributed by atoms with Gasteiger partial charge in [0.2, 0.25) is 0 Å². The number of halogens is 2. The molecule has 1 N–H and O–H groups in total. The van der Waals surface area contributed by atoms with Gasteiger partial charge in [-0.25, -0.2) is 0 Å². The molecule has 0 radical (unpaired) electrons. The molecular weight excluding hydrogens is 637 g/mol. The standard InChI is InChI=1S/C36H37Cl2N3O4.CH2O/c1-25-28(24-45-35-18-34(29(22-42)17-32(35)37)44-23-27-16-26(19-39)20-40-21-27)8-5-9-30(25)31-10-6-11-33(36(31)38)43-15-7-14-41-12-3-2-4-13-41;1-2/h5-6,8-11,16-18,20-21,42H,2-4,7,12-15,22-24H2,1H3;1H2. The minimum Gasteiger partial charge on any atom is -0.492 e. The predicted molar refractivity (Wildman–Crippen MR) is 184 cm³/mol.